The summed E-state index contributed by atoms with van der Waals surface area (Å²) in [7, 11) is 3.63. The van der Waals surface area contributed by atoms with E-state index in [9.17, 15) is 0 Å². The van der Waals surface area contributed by atoms with Crippen LogP contribution in [0.4, 0.5) is 5.82 Å². The molecule has 0 radical (unpaired) electrons. The number of methoxy groups -OCH3 is 1. The van der Waals surface area contributed by atoms with Gasteiger partial charge in [-0.3, -0.25) is 4.98 Å². The van der Waals surface area contributed by atoms with E-state index >= 15 is 0 Å². The maximum atomic E-state index is 5.83. The molecule has 0 atom stereocenters. The molecule has 166 valence electrons. The fourth-order valence-corrected chi connectivity index (χ4v) is 4.13. The monoisotopic (exact) mass is 433 g/mol. The van der Waals surface area contributed by atoms with Gasteiger partial charge in [-0.2, -0.15) is 0 Å². The number of aromatic nitrogens is 6. The fourth-order valence-electron chi connectivity index (χ4n) is 4.13. The number of nitrogens with one attached hydrogen (secondary N) is 1. The van der Waals surface area contributed by atoms with Crippen molar-refractivity contribution in [1.29, 1.82) is 0 Å². The Kier molecular flexibility index (Phi) is 5.59. The first-order valence-electron chi connectivity index (χ1n) is 10.8. The van der Waals surface area contributed by atoms with Crippen molar-refractivity contribution in [3.63, 3.8) is 0 Å². The lowest BCUT2D eigenvalue weighted by Crippen LogP contribution is -2.41. The van der Waals surface area contributed by atoms with Crippen molar-refractivity contribution in [2.75, 3.05) is 25.6 Å². The van der Waals surface area contributed by atoms with Gasteiger partial charge in [0.05, 0.1) is 19.3 Å². The normalized spacial score (nSPS) is 18.1. The zero-order valence-corrected chi connectivity index (χ0v) is 18.5. The Morgan fingerprint density at radius 2 is 2.09 bits per heavy atom. The molecule has 1 N–H and O–H groups in total. The second-order valence-corrected chi connectivity index (χ2v) is 8.15. The summed E-state index contributed by atoms with van der Waals surface area (Å²) in [6, 6.07) is 4.30. The molecular weight excluding hydrogens is 406 g/mol. The summed E-state index contributed by atoms with van der Waals surface area (Å²) < 4.78 is 14.7. The van der Waals surface area contributed by atoms with Crippen LogP contribution in [0.5, 0.6) is 0 Å². The van der Waals surface area contributed by atoms with Crippen molar-refractivity contribution in [3.8, 4) is 22.8 Å². The van der Waals surface area contributed by atoms with E-state index in [1.54, 1.807) is 19.5 Å². The van der Waals surface area contributed by atoms with Gasteiger partial charge < -0.3 is 19.4 Å². The van der Waals surface area contributed by atoms with Crippen LogP contribution >= 0.6 is 0 Å². The van der Waals surface area contributed by atoms with Gasteiger partial charge in [0.15, 0.2) is 11.6 Å². The van der Waals surface area contributed by atoms with Crippen molar-refractivity contribution in [2.45, 2.75) is 31.9 Å². The van der Waals surface area contributed by atoms with E-state index in [2.05, 4.69) is 28.3 Å². The quantitative estimate of drug-likeness (QED) is 0.427. The third-order valence-corrected chi connectivity index (χ3v) is 5.95. The standard InChI is InChI=1S/C23H27N7O2/c1-15-19(16-5-4-6-24-13-16)14-30-20(15)21(26-17-11-18(12-17)32-10-9-31-3)27-22(28-30)23-25-7-8-29(23)2/h4-8,13-14,17-18H,9-12H2,1-3H3,(H,26,27,28). The summed E-state index contributed by atoms with van der Waals surface area (Å²) in [5.41, 5.74) is 4.21. The molecule has 1 aliphatic rings. The predicted molar refractivity (Wildman–Crippen MR) is 121 cm³/mol. The molecule has 0 spiro atoms. The summed E-state index contributed by atoms with van der Waals surface area (Å²) in [6.45, 7) is 3.35. The summed E-state index contributed by atoms with van der Waals surface area (Å²) in [4.78, 5) is 13.6. The molecule has 0 unspecified atom stereocenters. The molecule has 1 saturated carbocycles. The minimum Gasteiger partial charge on any atom is -0.382 e. The van der Waals surface area contributed by atoms with E-state index in [0.717, 1.165) is 46.7 Å². The maximum Gasteiger partial charge on any atom is 0.218 e. The third-order valence-electron chi connectivity index (χ3n) is 5.95. The van der Waals surface area contributed by atoms with E-state index in [-0.39, 0.29) is 6.10 Å². The Balaban J connectivity index is 1.50. The first-order valence-corrected chi connectivity index (χ1v) is 10.8. The SMILES string of the molecule is COCCOC1CC(Nc2nc(-c3nccn3C)nn3cc(-c4cccnc4)c(C)c23)C1. The molecule has 0 aliphatic heterocycles. The van der Waals surface area contributed by atoms with E-state index in [1.807, 2.05) is 40.8 Å². The number of anilines is 1. The van der Waals surface area contributed by atoms with Crippen LogP contribution in [0.3, 0.4) is 0 Å². The highest BCUT2D eigenvalue weighted by molar-refractivity contribution is 5.83. The largest absolute Gasteiger partial charge is 0.382 e. The van der Waals surface area contributed by atoms with Crippen LogP contribution in [-0.2, 0) is 16.5 Å². The Hall–Kier alpha value is -3.30. The summed E-state index contributed by atoms with van der Waals surface area (Å²) in [6.07, 6.45) is 11.5. The minimum absolute atomic E-state index is 0.258. The number of nitrogens with zero attached hydrogens (tertiary/aromatic N) is 6. The molecule has 1 aliphatic carbocycles. The fraction of sp³-hybridized carbons (Fsp3) is 0.391. The third kappa shape index (κ3) is 3.85. The van der Waals surface area contributed by atoms with E-state index in [4.69, 9.17) is 19.6 Å². The average Bonchev–Trinajstić information content (AvgIpc) is 3.35. The number of hydrogen-bond donors (Lipinski definition) is 1. The second kappa shape index (κ2) is 8.68. The van der Waals surface area contributed by atoms with Crippen LogP contribution in [0.15, 0.2) is 43.1 Å². The van der Waals surface area contributed by atoms with Gasteiger partial charge in [0.1, 0.15) is 5.52 Å². The highest BCUT2D eigenvalue weighted by Crippen LogP contribution is 2.34. The number of rotatable bonds is 8. The lowest BCUT2D eigenvalue weighted by atomic mass is 9.89. The molecular formula is C23H27N7O2. The smallest absolute Gasteiger partial charge is 0.218 e. The van der Waals surface area contributed by atoms with Gasteiger partial charge >= 0.3 is 0 Å². The van der Waals surface area contributed by atoms with Crippen molar-refractivity contribution < 1.29 is 9.47 Å². The Labute approximate surface area is 186 Å². The van der Waals surface area contributed by atoms with E-state index in [1.165, 1.54) is 0 Å². The van der Waals surface area contributed by atoms with E-state index in [0.29, 0.717) is 25.1 Å². The topological polar surface area (TPSA) is 91.4 Å². The highest BCUT2D eigenvalue weighted by Gasteiger charge is 2.31. The van der Waals surface area contributed by atoms with Gasteiger partial charge in [-0.15, -0.1) is 5.10 Å². The predicted octanol–water partition coefficient (Wildman–Crippen LogP) is 3.11. The molecule has 4 aromatic heterocycles. The van der Waals surface area contributed by atoms with Crippen LogP contribution in [0.1, 0.15) is 18.4 Å². The second-order valence-electron chi connectivity index (χ2n) is 8.15. The lowest BCUT2D eigenvalue weighted by Gasteiger charge is -2.36. The number of hydrogen-bond acceptors (Lipinski definition) is 7. The molecule has 9 heteroatoms. The summed E-state index contributed by atoms with van der Waals surface area (Å²) >= 11 is 0. The van der Waals surface area contributed by atoms with Gasteiger partial charge in [0.2, 0.25) is 5.82 Å². The number of aryl methyl sites for hydroxylation is 2. The summed E-state index contributed by atoms with van der Waals surface area (Å²) in [5.74, 6) is 2.11. The molecule has 0 saturated heterocycles. The van der Waals surface area contributed by atoms with Crippen LogP contribution in [-0.4, -0.2) is 61.6 Å². The van der Waals surface area contributed by atoms with E-state index < -0.39 is 0 Å². The maximum absolute atomic E-state index is 5.83. The first-order chi connectivity index (χ1) is 15.6. The highest BCUT2D eigenvalue weighted by atomic mass is 16.5. The zero-order valence-electron chi connectivity index (χ0n) is 18.5. The van der Waals surface area contributed by atoms with Crippen LogP contribution in [0.25, 0.3) is 28.3 Å². The molecule has 32 heavy (non-hydrogen) atoms. The molecule has 1 fully saturated rings. The first kappa shape index (κ1) is 20.6. The molecule has 9 nitrogen and oxygen atoms in total. The molecule has 0 bridgehead atoms. The number of ether oxygens (including phenoxy) is 2. The molecule has 0 amide bonds. The molecule has 0 aromatic carbocycles. The van der Waals surface area contributed by atoms with Crippen LogP contribution in [0.2, 0.25) is 0 Å². The number of fused-ring (bicyclic) bond motifs is 1. The number of imidazole rings is 1. The van der Waals surface area contributed by atoms with Crippen LogP contribution in [0, 0.1) is 6.92 Å². The average molecular weight is 434 g/mol. The summed E-state index contributed by atoms with van der Waals surface area (Å²) in [5, 5.41) is 8.42. The van der Waals surface area contributed by atoms with Crippen molar-refractivity contribution in [1.82, 2.24) is 29.1 Å². The van der Waals surface area contributed by atoms with Crippen LogP contribution < -0.4 is 5.32 Å². The molecule has 4 aromatic rings. The Bertz CT molecular complexity index is 1210. The van der Waals surface area contributed by atoms with Crippen molar-refractivity contribution >= 4 is 11.3 Å². The minimum atomic E-state index is 0.258. The van der Waals surface area contributed by atoms with Gasteiger partial charge in [-0.05, 0) is 31.4 Å². The lowest BCUT2D eigenvalue weighted by molar-refractivity contribution is -0.0261. The molecule has 5 rings (SSSR count). The zero-order chi connectivity index (χ0) is 22.1. The molecule has 4 heterocycles. The van der Waals surface area contributed by atoms with Crippen molar-refractivity contribution in [3.05, 3.63) is 48.7 Å². The van der Waals surface area contributed by atoms with Crippen molar-refractivity contribution in [2.24, 2.45) is 7.05 Å². The Morgan fingerprint density at radius 3 is 2.81 bits per heavy atom. The van der Waals surface area contributed by atoms with Gasteiger partial charge in [0.25, 0.3) is 0 Å². The van der Waals surface area contributed by atoms with Gasteiger partial charge in [-0.25, -0.2) is 14.5 Å². The van der Waals surface area contributed by atoms with Gasteiger partial charge in [-0.1, -0.05) is 6.07 Å². The van der Waals surface area contributed by atoms with Gasteiger partial charge in [0, 0.05) is 62.3 Å². The number of pyridine rings is 1. The Morgan fingerprint density at radius 1 is 1.22 bits per heavy atom.